The Morgan fingerprint density at radius 3 is 2.29 bits per heavy atom. The molecule has 0 aromatic heterocycles. The highest BCUT2D eigenvalue weighted by Crippen LogP contribution is 2.49. The first-order valence-electron chi connectivity index (χ1n) is 5.61. The van der Waals surface area contributed by atoms with Crippen molar-refractivity contribution in [1.82, 2.24) is 5.06 Å². The molecule has 1 saturated heterocycles. The van der Waals surface area contributed by atoms with E-state index in [1.807, 2.05) is 6.08 Å². The van der Waals surface area contributed by atoms with Crippen LogP contribution in [0.4, 0.5) is 0 Å². The fourth-order valence-electron chi connectivity index (χ4n) is 2.16. The van der Waals surface area contributed by atoms with Crippen LogP contribution < -0.4 is 0 Å². The highest BCUT2D eigenvalue weighted by Gasteiger charge is 2.61. The third kappa shape index (κ3) is 1.61. The quantitative estimate of drug-likeness (QED) is 0.497. The molecule has 0 saturated carbocycles. The van der Waals surface area contributed by atoms with Gasteiger partial charge >= 0.3 is 0 Å². The molecule has 4 unspecified atom stereocenters. The molecule has 0 amide bonds. The molecule has 82 valence electrons. The SMILES string of the molecule is C=CC(C)N1OC1(C(C)C)C(C)CC. The summed E-state index contributed by atoms with van der Waals surface area (Å²) in [7, 11) is 0. The summed E-state index contributed by atoms with van der Waals surface area (Å²) in [6, 6.07) is 0.311. The number of hydrogen-bond acceptors (Lipinski definition) is 2. The van der Waals surface area contributed by atoms with Gasteiger partial charge in [-0.15, -0.1) is 11.6 Å². The number of nitrogens with zero attached hydrogens (tertiary/aromatic N) is 1. The van der Waals surface area contributed by atoms with Crippen molar-refractivity contribution in [2.45, 2.75) is 52.8 Å². The third-order valence-electron chi connectivity index (χ3n) is 3.41. The van der Waals surface area contributed by atoms with E-state index >= 15 is 0 Å². The Labute approximate surface area is 87.9 Å². The summed E-state index contributed by atoms with van der Waals surface area (Å²) in [5.74, 6) is 1.10. The summed E-state index contributed by atoms with van der Waals surface area (Å²) in [6.45, 7) is 14.9. The first-order valence-corrected chi connectivity index (χ1v) is 5.61. The lowest BCUT2D eigenvalue weighted by Gasteiger charge is -2.23. The smallest absolute Gasteiger partial charge is 0.170 e. The zero-order chi connectivity index (χ0) is 10.9. The summed E-state index contributed by atoms with van der Waals surface area (Å²) in [5.41, 5.74) is -0.0393. The van der Waals surface area contributed by atoms with Gasteiger partial charge in [-0.05, 0) is 13.3 Å². The number of hydroxylamine groups is 2. The topological polar surface area (TPSA) is 15.5 Å². The summed E-state index contributed by atoms with van der Waals surface area (Å²) < 4.78 is 0. The van der Waals surface area contributed by atoms with Crippen LogP contribution in [0.3, 0.4) is 0 Å². The van der Waals surface area contributed by atoms with Gasteiger partial charge in [0, 0.05) is 11.8 Å². The standard InChI is InChI=1S/C12H23NO/c1-7-10(5)12(9(3)4)13(14-12)11(6)8-2/h8-11H,2,7H2,1,3-6H3. The Bertz CT molecular complexity index is 214. The lowest BCUT2D eigenvalue weighted by Crippen LogP contribution is -2.35. The van der Waals surface area contributed by atoms with Gasteiger partial charge in [0.05, 0.1) is 6.04 Å². The summed E-state index contributed by atoms with van der Waals surface area (Å²) in [4.78, 5) is 5.83. The minimum Gasteiger partial charge on any atom is -0.270 e. The molecule has 1 fully saturated rings. The highest BCUT2D eigenvalue weighted by molar-refractivity contribution is 5.00. The molecule has 0 aromatic carbocycles. The first-order chi connectivity index (χ1) is 6.50. The minimum atomic E-state index is -0.0393. The van der Waals surface area contributed by atoms with Crippen LogP contribution in [0.15, 0.2) is 12.7 Å². The van der Waals surface area contributed by atoms with E-state index in [2.05, 4.69) is 46.3 Å². The van der Waals surface area contributed by atoms with E-state index in [9.17, 15) is 0 Å². The molecule has 0 radical (unpaired) electrons. The molecular weight excluding hydrogens is 174 g/mol. The maximum absolute atomic E-state index is 5.83. The third-order valence-corrected chi connectivity index (χ3v) is 3.41. The summed E-state index contributed by atoms with van der Waals surface area (Å²) in [5, 5.41) is 2.10. The Morgan fingerprint density at radius 2 is 1.93 bits per heavy atom. The van der Waals surface area contributed by atoms with Crippen LogP contribution >= 0.6 is 0 Å². The molecule has 0 spiro atoms. The molecule has 1 aliphatic rings. The van der Waals surface area contributed by atoms with Crippen LogP contribution in [-0.4, -0.2) is 16.8 Å². The lowest BCUT2D eigenvalue weighted by atomic mass is 9.87. The molecule has 1 heterocycles. The summed E-state index contributed by atoms with van der Waals surface area (Å²) >= 11 is 0. The van der Waals surface area contributed by atoms with E-state index in [1.165, 1.54) is 0 Å². The molecule has 1 rings (SSSR count). The van der Waals surface area contributed by atoms with Crippen molar-refractivity contribution in [3.05, 3.63) is 12.7 Å². The molecule has 2 nitrogen and oxygen atoms in total. The predicted molar refractivity (Wildman–Crippen MR) is 59.6 cm³/mol. The van der Waals surface area contributed by atoms with E-state index in [0.29, 0.717) is 17.9 Å². The monoisotopic (exact) mass is 197 g/mol. The van der Waals surface area contributed by atoms with Gasteiger partial charge in [-0.3, -0.25) is 4.84 Å². The van der Waals surface area contributed by atoms with Crippen LogP contribution in [-0.2, 0) is 4.84 Å². The Balaban J connectivity index is 2.75. The van der Waals surface area contributed by atoms with E-state index < -0.39 is 0 Å². The largest absolute Gasteiger partial charge is 0.270 e. The lowest BCUT2D eigenvalue weighted by molar-refractivity contribution is 0.151. The molecule has 1 aliphatic heterocycles. The van der Waals surface area contributed by atoms with Gasteiger partial charge in [-0.2, -0.15) is 0 Å². The van der Waals surface area contributed by atoms with Crippen LogP contribution in [0, 0.1) is 11.8 Å². The van der Waals surface area contributed by atoms with Crippen LogP contribution in [0.2, 0.25) is 0 Å². The van der Waals surface area contributed by atoms with Gasteiger partial charge in [0.15, 0.2) is 5.72 Å². The van der Waals surface area contributed by atoms with Crippen molar-refractivity contribution in [2.24, 2.45) is 11.8 Å². The Morgan fingerprint density at radius 1 is 1.36 bits per heavy atom. The molecular formula is C12H23NO. The first kappa shape index (κ1) is 11.7. The van der Waals surface area contributed by atoms with Crippen molar-refractivity contribution < 1.29 is 4.84 Å². The maximum Gasteiger partial charge on any atom is 0.170 e. The molecule has 4 atom stereocenters. The van der Waals surface area contributed by atoms with Crippen LogP contribution in [0.1, 0.15) is 41.0 Å². The second kappa shape index (κ2) is 4.03. The van der Waals surface area contributed by atoms with Gasteiger partial charge in [0.2, 0.25) is 0 Å². The van der Waals surface area contributed by atoms with Gasteiger partial charge in [-0.25, -0.2) is 0 Å². The summed E-state index contributed by atoms with van der Waals surface area (Å²) in [6.07, 6.45) is 3.09. The van der Waals surface area contributed by atoms with Crippen molar-refractivity contribution in [2.75, 3.05) is 0 Å². The normalized spacial score (nSPS) is 35.4. The molecule has 14 heavy (non-hydrogen) atoms. The number of rotatable bonds is 5. The van der Waals surface area contributed by atoms with Gasteiger partial charge in [0.1, 0.15) is 0 Å². The van der Waals surface area contributed by atoms with Gasteiger partial charge in [0.25, 0.3) is 0 Å². The fourth-order valence-corrected chi connectivity index (χ4v) is 2.16. The van der Waals surface area contributed by atoms with Crippen LogP contribution in [0.25, 0.3) is 0 Å². The highest BCUT2D eigenvalue weighted by atomic mass is 16.9. The van der Waals surface area contributed by atoms with E-state index in [0.717, 1.165) is 6.42 Å². The van der Waals surface area contributed by atoms with Crippen molar-refractivity contribution in [3.63, 3.8) is 0 Å². The second-order valence-corrected chi connectivity index (χ2v) is 4.61. The molecule has 0 N–H and O–H groups in total. The molecule has 0 aromatic rings. The predicted octanol–water partition coefficient (Wildman–Crippen LogP) is 3.21. The average Bonchev–Trinajstić information content (AvgIpc) is 2.91. The Hall–Kier alpha value is -0.340. The van der Waals surface area contributed by atoms with E-state index in [-0.39, 0.29) is 5.72 Å². The molecule has 0 aliphatic carbocycles. The van der Waals surface area contributed by atoms with E-state index in [4.69, 9.17) is 4.84 Å². The molecule has 2 heteroatoms. The zero-order valence-electron chi connectivity index (χ0n) is 10.1. The van der Waals surface area contributed by atoms with Crippen molar-refractivity contribution in [3.8, 4) is 0 Å². The molecule has 0 bridgehead atoms. The van der Waals surface area contributed by atoms with Gasteiger partial charge < -0.3 is 0 Å². The fraction of sp³-hybridized carbons (Fsp3) is 0.833. The zero-order valence-corrected chi connectivity index (χ0v) is 10.1. The van der Waals surface area contributed by atoms with Crippen LogP contribution in [0.5, 0.6) is 0 Å². The maximum atomic E-state index is 5.83. The number of hydrogen-bond donors (Lipinski definition) is 0. The Kier molecular flexibility index (Phi) is 3.38. The second-order valence-electron chi connectivity index (χ2n) is 4.61. The van der Waals surface area contributed by atoms with E-state index in [1.54, 1.807) is 0 Å². The van der Waals surface area contributed by atoms with Crippen molar-refractivity contribution in [1.29, 1.82) is 0 Å². The minimum absolute atomic E-state index is 0.0393. The van der Waals surface area contributed by atoms with Crippen molar-refractivity contribution >= 4 is 0 Å². The van der Waals surface area contributed by atoms with Gasteiger partial charge in [-0.1, -0.05) is 33.8 Å². The average molecular weight is 197 g/mol.